The third kappa shape index (κ3) is 4.17. The van der Waals surface area contributed by atoms with E-state index in [0.29, 0.717) is 11.3 Å². The van der Waals surface area contributed by atoms with Crippen LogP contribution in [0.3, 0.4) is 0 Å². The average molecular weight is 401 g/mol. The van der Waals surface area contributed by atoms with E-state index in [1.54, 1.807) is 13.0 Å². The van der Waals surface area contributed by atoms with E-state index in [0.717, 1.165) is 27.0 Å². The second-order valence-corrected chi connectivity index (χ2v) is 7.53. The molecule has 4 aromatic rings. The molecule has 0 aliphatic heterocycles. The molecule has 0 saturated heterocycles. The van der Waals surface area contributed by atoms with Crippen molar-refractivity contribution in [3.8, 4) is 17.0 Å². The fourth-order valence-electron chi connectivity index (χ4n) is 3.06. The quantitative estimate of drug-likeness (QED) is 0.374. The van der Waals surface area contributed by atoms with Crippen LogP contribution in [0.5, 0.6) is 5.75 Å². The summed E-state index contributed by atoms with van der Waals surface area (Å²) in [4.78, 5) is 16.8. The predicted molar refractivity (Wildman–Crippen MR) is 117 cm³/mol. The van der Waals surface area contributed by atoms with E-state index in [9.17, 15) is 9.90 Å². The first-order chi connectivity index (χ1) is 14.1. The third-order valence-corrected chi connectivity index (χ3v) is 5.42. The summed E-state index contributed by atoms with van der Waals surface area (Å²) in [6.45, 7) is 1.75. The number of hydrogen-bond acceptors (Lipinski definition) is 5. The average Bonchev–Trinajstić information content (AvgIpc) is 3.21. The van der Waals surface area contributed by atoms with Gasteiger partial charge in [0.2, 0.25) is 5.91 Å². The Balaban J connectivity index is 1.45. The summed E-state index contributed by atoms with van der Waals surface area (Å²) >= 11 is 1.45. The Hall–Kier alpha value is -3.51. The molecule has 144 valence electrons. The summed E-state index contributed by atoms with van der Waals surface area (Å²) in [6.07, 6.45) is 0.151. The minimum Gasteiger partial charge on any atom is -0.507 e. The van der Waals surface area contributed by atoms with Gasteiger partial charge in [-0.1, -0.05) is 60.7 Å². The van der Waals surface area contributed by atoms with Crippen molar-refractivity contribution in [3.63, 3.8) is 0 Å². The van der Waals surface area contributed by atoms with E-state index in [-0.39, 0.29) is 18.1 Å². The first kappa shape index (κ1) is 18.8. The van der Waals surface area contributed by atoms with Crippen LogP contribution in [0.15, 0.2) is 77.2 Å². The summed E-state index contributed by atoms with van der Waals surface area (Å²) in [7, 11) is 0. The van der Waals surface area contributed by atoms with Gasteiger partial charge in [0.05, 0.1) is 17.8 Å². The van der Waals surface area contributed by atoms with Crippen LogP contribution in [-0.2, 0) is 11.2 Å². The number of hydrazone groups is 1. The number of phenolic OH excluding ortho intramolecular Hbond substituents is 1. The molecule has 4 rings (SSSR count). The van der Waals surface area contributed by atoms with E-state index in [4.69, 9.17) is 0 Å². The van der Waals surface area contributed by atoms with E-state index in [1.807, 2.05) is 66.0 Å². The molecule has 0 aliphatic rings. The van der Waals surface area contributed by atoms with Crippen LogP contribution in [0.4, 0.5) is 0 Å². The zero-order chi connectivity index (χ0) is 20.2. The number of rotatable bonds is 5. The molecule has 29 heavy (non-hydrogen) atoms. The SMILES string of the molecule is C/C(=N\NC(=O)Cc1nc(-c2ccccc2)cs1)c1ccc2ccccc2c1O. The molecule has 0 fully saturated rings. The number of carbonyl (C=O) groups excluding carboxylic acids is 1. The van der Waals surface area contributed by atoms with Crippen LogP contribution >= 0.6 is 11.3 Å². The van der Waals surface area contributed by atoms with Crippen molar-refractivity contribution in [2.45, 2.75) is 13.3 Å². The number of benzene rings is 3. The Morgan fingerprint density at radius 2 is 1.83 bits per heavy atom. The molecule has 6 heteroatoms. The van der Waals surface area contributed by atoms with Gasteiger partial charge >= 0.3 is 0 Å². The maximum atomic E-state index is 12.3. The van der Waals surface area contributed by atoms with Crippen LogP contribution in [0.25, 0.3) is 22.0 Å². The topological polar surface area (TPSA) is 74.6 Å². The molecule has 5 nitrogen and oxygen atoms in total. The number of aromatic hydroxyl groups is 1. The van der Waals surface area contributed by atoms with Gasteiger partial charge in [-0.25, -0.2) is 10.4 Å². The second-order valence-electron chi connectivity index (χ2n) is 6.58. The Morgan fingerprint density at radius 3 is 2.66 bits per heavy atom. The number of thiazole rings is 1. The standard InChI is InChI=1S/C23H19N3O2S/c1-15(18-12-11-16-7-5-6-10-19(16)23(18)28)25-26-21(27)13-22-24-20(14-29-22)17-8-3-2-4-9-17/h2-12,14,28H,13H2,1H3,(H,26,27)/b25-15+. The van der Waals surface area contributed by atoms with Crippen molar-refractivity contribution < 1.29 is 9.90 Å². The largest absolute Gasteiger partial charge is 0.507 e. The van der Waals surface area contributed by atoms with Crippen molar-refractivity contribution in [3.05, 3.63) is 82.7 Å². The fourth-order valence-corrected chi connectivity index (χ4v) is 3.87. The van der Waals surface area contributed by atoms with Crippen LogP contribution in [0.2, 0.25) is 0 Å². The lowest BCUT2D eigenvalue weighted by Crippen LogP contribution is -2.21. The van der Waals surface area contributed by atoms with Crippen LogP contribution in [0.1, 0.15) is 17.5 Å². The summed E-state index contributed by atoms with van der Waals surface area (Å²) < 4.78 is 0. The summed E-state index contributed by atoms with van der Waals surface area (Å²) in [5, 5.41) is 19.1. The van der Waals surface area contributed by atoms with Gasteiger partial charge in [0.25, 0.3) is 0 Å². The summed E-state index contributed by atoms with van der Waals surface area (Å²) in [5.41, 5.74) is 5.56. The molecule has 2 N–H and O–H groups in total. The number of amides is 1. The molecule has 0 radical (unpaired) electrons. The molecule has 1 aromatic heterocycles. The molecule has 0 bridgehead atoms. The molecule has 0 aliphatic carbocycles. The molecule has 1 amide bonds. The maximum Gasteiger partial charge on any atom is 0.246 e. The Kier molecular flexibility index (Phi) is 5.35. The van der Waals surface area contributed by atoms with Gasteiger partial charge in [0, 0.05) is 21.9 Å². The molecule has 0 atom stereocenters. The number of fused-ring (bicyclic) bond motifs is 1. The second kappa shape index (κ2) is 8.24. The number of phenols is 1. The van der Waals surface area contributed by atoms with Gasteiger partial charge in [0.1, 0.15) is 10.8 Å². The van der Waals surface area contributed by atoms with Crippen LogP contribution < -0.4 is 5.43 Å². The Morgan fingerprint density at radius 1 is 1.07 bits per heavy atom. The molecular formula is C23H19N3O2S. The number of nitrogens with one attached hydrogen (secondary N) is 1. The van der Waals surface area contributed by atoms with Crippen molar-refractivity contribution in [1.29, 1.82) is 0 Å². The molecule has 0 spiro atoms. The molecule has 0 unspecified atom stereocenters. The van der Waals surface area contributed by atoms with Gasteiger partial charge < -0.3 is 5.11 Å². The van der Waals surface area contributed by atoms with Gasteiger partial charge in [-0.3, -0.25) is 4.79 Å². The molecule has 3 aromatic carbocycles. The first-order valence-corrected chi connectivity index (χ1v) is 10.0. The normalized spacial score (nSPS) is 11.6. The van der Waals surface area contributed by atoms with E-state index >= 15 is 0 Å². The number of carbonyl (C=O) groups is 1. The highest BCUT2D eigenvalue weighted by Gasteiger charge is 2.11. The van der Waals surface area contributed by atoms with Crippen LogP contribution in [-0.4, -0.2) is 21.7 Å². The zero-order valence-electron chi connectivity index (χ0n) is 15.8. The highest BCUT2D eigenvalue weighted by Crippen LogP contribution is 2.29. The highest BCUT2D eigenvalue weighted by atomic mass is 32.1. The maximum absolute atomic E-state index is 12.3. The van der Waals surface area contributed by atoms with Crippen LogP contribution in [0, 0.1) is 0 Å². The zero-order valence-corrected chi connectivity index (χ0v) is 16.6. The fraction of sp³-hybridized carbons (Fsp3) is 0.0870. The first-order valence-electron chi connectivity index (χ1n) is 9.16. The smallest absolute Gasteiger partial charge is 0.246 e. The Labute approximate surface area is 172 Å². The third-order valence-electron chi connectivity index (χ3n) is 4.57. The van der Waals surface area contributed by atoms with Crippen molar-refractivity contribution in [2.75, 3.05) is 0 Å². The van der Waals surface area contributed by atoms with Crippen molar-refractivity contribution in [2.24, 2.45) is 5.10 Å². The Bertz CT molecular complexity index is 1200. The monoisotopic (exact) mass is 401 g/mol. The highest BCUT2D eigenvalue weighted by molar-refractivity contribution is 7.10. The van der Waals surface area contributed by atoms with Crippen molar-refractivity contribution in [1.82, 2.24) is 10.4 Å². The van der Waals surface area contributed by atoms with Gasteiger partial charge in [-0.2, -0.15) is 5.10 Å². The molecular weight excluding hydrogens is 382 g/mol. The van der Waals surface area contributed by atoms with E-state index < -0.39 is 0 Å². The lowest BCUT2D eigenvalue weighted by molar-refractivity contribution is -0.120. The molecule has 0 saturated carbocycles. The van der Waals surface area contributed by atoms with E-state index in [2.05, 4.69) is 15.5 Å². The minimum atomic E-state index is -0.251. The van der Waals surface area contributed by atoms with Crippen molar-refractivity contribution >= 4 is 33.7 Å². The van der Waals surface area contributed by atoms with Gasteiger partial charge in [0.15, 0.2) is 0 Å². The van der Waals surface area contributed by atoms with E-state index in [1.165, 1.54) is 11.3 Å². The van der Waals surface area contributed by atoms with Gasteiger partial charge in [-0.05, 0) is 18.4 Å². The predicted octanol–water partition coefficient (Wildman–Crippen LogP) is 4.75. The molecule has 1 heterocycles. The lowest BCUT2D eigenvalue weighted by atomic mass is 10.0. The lowest BCUT2D eigenvalue weighted by Gasteiger charge is -2.08. The summed E-state index contributed by atoms with van der Waals surface area (Å²) in [5.74, 6) is -0.0929. The number of hydrogen-bond donors (Lipinski definition) is 2. The summed E-state index contributed by atoms with van der Waals surface area (Å²) in [6, 6.07) is 21.2. The number of aromatic nitrogens is 1. The van der Waals surface area contributed by atoms with Gasteiger partial charge in [-0.15, -0.1) is 11.3 Å². The number of nitrogens with zero attached hydrogens (tertiary/aromatic N) is 2. The minimum absolute atomic E-state index is 0.151.